The van der Waals surface area contributed by atoms with Crippen molar-refractivity contribution in [1.82, 2.24) is 9.97 Å². The lowest BCUT2D eigenvalue weighted by atomic mass is 9.79. The van der Waals surface area contributed by atoms with Crippen molar-refractivity contribution in [1.29, 1.82) is 0 Å². The van der Waals surface area contributed by atoms with Crippen LogP contribution in [0.15, 0.2) is 30.5 Å². The summed E-state index contributed by atoms with van der Waals surface area (Å²) in [5.41, 5.74) is 1.83. The topological polar surface area (TPSA) is 79.3 Å². The van der Waals surface area contributed by atoms with E-state index in [9.17, 15) is 5.02 Å². The first-order valence-electron chi connectivity index (χ1n) is 8.89. The summed E-state index contributed by atoms with van der Waals surface area (Å²) in [6, 6.07) is 8.13. The molecule has 2 aliphatic rings. The van der Waals surface area contributed by atoms with Crippen LogP contribution in [-0.4, -0.2) is 28.2 Å². The number of nitrogens with one attached hydrogen (secondary N) is 2. The maximum atomic E-state index is 10.2. The molecule has 2 heterocycles. The first-order valence-corrected chi connectivity index (χ1v) is 8.89. The van der Waals surface area contributed by atoms with Gasteiger partial charge in [-0.1, -0.05) is 37.1 Å². The average molecular weight is 338 g/mol. The molecule has 1 saturated carbocycles. The number of rotatable bonds is 4. The van der Waals surface area contributed by atoms with E-state index in [0.717, 1.165) is 22.4 Å². The lowest BCUT2D eigenvalue weighted by molar-refractivity contribution is 0.109. The molecule has 6 nitrogen and oxygen atoms in total. The van der Waals surface area contributed by atoms with E-state index in [2.05, 4.69) is 20.6 Å². The van der Waals surface area contributed by atoms with E-state index in [1.807, 2.05) is 44.3 Å². The summed E-state index contributed by atoms with van der Waals surface area (Å²) in [7, 11) is -0.949. The minimum atomic E-state index is -0.949. The van der Waals surface area contributed by atoms with Gasteiger partial charge in [-0.3, -0.25) is 0 Å². The quantitative estimate of drug-likeness (QED) is 0.742. The molecule has 0 radical (unpaired) electrons. The highest BCUT2D eigenvalue weighted by atomic mass is 16.6. The van der Waals surface area contributed by atoms with Crippen LogP contribution in [0.1, 0.15) is 43.7 Å². The molecule has 1 aliphatic carbocycles. The van der Waals surface area contributed by atoms with Gasteiger partial charge in [0, 0.05) is 23.4 Å². The summed E-state index contributed by atoms with van der Waals surface area (Å²) in [6.07, 6.45) is 6.73. The molecule has 1 fully saturated rings. The number of benzene rings is 1. The van der Waals surface area contributed by atoms with Gasteiger partial charge in [0.25, 0.3) is 0 Å². The van der Waals surface area contributed by atoms with Crippen LogP contribution in [0.4, 0.5) is 11.8 Å². The Morgan fingerprint density at radius 2 is 2.04 bits per heavy atom. The van der Waals surface area contributed by atoms with Crippen LogP contribution < -0.4 is 16.1 Å². The monoisotopic (exact) mass is 338 g/mol. The highest BCUT2D eigenvalue weighted by Gasteiger charge is 2.44. The number of nitrogens with zero attached hydrogens (tertiary/aromatic N) is 2. The minimum Gasteiger partial charge on any atom is -0.423 e. The molecule has 130 valence electrons. The van der Waals surface area contributed by atoms with Gasteiger partial charge < -0.3 is 20.3 Å². The van der Waals surface area contributed by atoms with E-state index in [4.69, 9.17) is 4.65 Å². The molecule has 1 atom stereocenters. The zero-order valence-electron chi connectivity index (χ0n) is 14.6. The van der Waals surface area contributed by atoms with Gasteiger partial charge >= 0.3 is 7.12 Å². The molecule has 0 amide bonds. The molecule has 3 N–H and O–H groups in total. The molecule has 1 aliphatic heterocycles. The summed E-state index contributed by atoms with van der Waals surface area (Å²) < 4.78 is 5.77. The molecule has 1 aromatic heterocycles. The van der Waals surface area contributed by atoms with Crippen LogP contribution in [0.2, 0.25) is 0 Å². The SMILES string of the molecule is Cc1cnc(NC2(C)OB(O)c3ccccc32)nc1NC1CCCC1. The largest absolute Gasteiger partial charge is 0.493 e. The van der Waals surface area contributed by atoms with Crippen LogP contribution in [0.25, 0.3) is 0 Å². The van der Waals surface area contributed by atoms with E-state index >= 15 is 0 Å². The van der Waals surface area contributed by atoms with E-state index in [-0.39, 0.29) is 0 Å². The zero-order chi connectivity index (χ0) is 17.4. The Labute approximate surface area is 148 Å². The van der Waals surface area contributed by atoms with Crippen molar-refractivity contribution in [2.75, 3.05) is 10.6 Å². The minimum absolute atomic E-state index is 0.484. The van der Waals surface area contributed by atoms with Gasteiger partial charge in [-0.25, -0.2) is 4.98 Å². The predicted octanol–water partition coefficient (Wildman–Crippen LogP) is 2.14. The highest BCUT2D eigenvalue weighted by molar-refractivity contribution is 6.62. The van der Waals surface area contributed by atoms with Crippen LogP contribution in [0, 0.1) is 6.92 Å². The molecule has 0 bridgehead atoms. The second kappa shape index (κ2) is 6.31. The molecule has 0 saturated heterocycles. The van der Waals surface area contributed by atoms with Gasteiger partial charge in [-0.15, -0.1) is 0 Å². The van der Waals surface area contributed by atoms with E-state index in [1.54, 1.807) is 0 Å². The fourth-order valence-electron chi connectivity index (χ4n) is 3.72. The number of hydrogen-bond donors (Lipinski definition) is 3. The molecule has 1 unspecified atom stereocenters. The normalized spacial score (nSPS) is 22.9. The van der Waals surface area contributed by atoms with E-state index in [0.29, 0.717) is 12.0 Å². The number of aromatic nitrogens is 2. The lowest BCUT2D eigenvalue weighted by Gasteiger charge is -2.27. The van der Waals surface area contributed by atoms with Crippen molar-refractivity contribution in [3.8, 4) is 0 Å². The fraction of sp³-hybridized carbons (Fsp3) is 0.444. The average Bonchev–Trinajstić information content (AvgIpc) is 3.18. The van der Waals surface area contributed by atoms with Gasteiger partial charge in [0.2, 0.25) is 5.95 Å². The van der Waals surface area contributed by atoms with Crippen LogP contribution in [-0.2, 0) is 10.4 Å². The summed E-state index contributed by atoms with van der Waals surface area (Å²) in [4.78, 5) is 9.04. The maximum Gasteiger partial charge on any atom is 0.493 e. The summed E-state index contributed by atoms with van der Waals surface area (Å²) >= 11 is 0. The Bertz CT molecular complexity index is 781. The summed E-state index contributed by atoms with van der Waals surface area (Å²) in [5, 5.41) is 17.0. The second-order valence-corrected chi connectivity index (χ2v) is 7.07. The van der Waals surface area contributed by atoms with E-state index < -0.39 is 12.8 Å². The predicted molar refractivity (Wildman–Crippen MR) is 98.8 cm³/mol. The van der Waals surface area contributed by atoms with Crippen molar-refractivity contribution in [3.63, 3.8) is 0 Å². The summed E-state index contributed by atoms with van der Waals surface area (Å²) in [6.45, 7) is 3.89. The molecule has 1 aromatic carbocycles. The number of anilines is 2. The van der Waals surface area contributed by atoms with Gasteiger partial charge in [0.05, 0.1) is 0 Å². The highest BCUT2D eigenvalue weighted by Crippen LogP contribution is 2.31. The van der Waals surface area contributed by atoms with Crippen molar-refractivity contribution in [2.45, 2.75) is 51.3 Å². The number of fused-ring (bicyclic) bond motifs is 1. The Kier molecular flexibility index (Phi) is 4.13. The van der Waals surface area contributed by atoms with Gasteiger partial charge in [0.1, 0.15) is 5.82 Å². The Morgan fingerprint density at radius 1 is 1.28 bits per heavy atom. The lowest BCUT2D eigenvalue weighted by Crippen LogP contribution is -2.35. The first-order chi connectivity index (χ1) is 12.0. The van der Waals surface area contributed by atoms with Crippen molar-refractivity contribution in [2.24, 2.45) is 0 Å². The molecule has 0 spiro atoms. The number of aryl methyl sites for hydroxylation is 1. The summed E-state index contributed by atoms with van der Waals surface area (Å²) in [5.74, 6) is 1.34. The molecular weight excluding hydrogens is 315 g/mol. The molecule has 7 heteroatoms. The van der Waals surface area contributed by atoms with Gasteiger partial charge in [0.15, 0.2) is 5.72 Å². The van der Waals surface area contributed by atoms with Crippen molar-refractivity contribution in [3.05, 3.63) is 41.6 Å². The third kappa shape index (κ3) is 3.09. The van der Waals surface area contributed by atoms with Crippen molar-refractivity contribution < 1.29 is 9.68 Å². The molecular formula is C18H23BN4O2. The second-order valence-electron chi connectivity index (χ2n) is 7.07. The maximum absolute atomic E-state index is 10.2. The molecule has 4 rings (SSSR count). The Hall–Kier alpha value is -2.12. The fourth-order valence-corrected chi connectivity index (χ4v) is 3.72. The third-order valence-corrected chi connectivity index (χ3v) is 5.11. The molecule has 2 aromatic rings. The smallest absolute Gasteiger partial charge is 0.423 e. The number of hydrogen-bond acceptors (Lipinski definition) is 6. The Morgan fingerprint density at radius 3 is 2.84 bits per heavy atom. The van der Waals surface area contributed by atoms with Gasteiger partial charge in [-0.2, -0.15) is 4.98 Å². The van der Waals surface area contributed by atoms with Crippen LogP contribution >= 0.6 is 0 Å². The third-order valence-electron chi connectivity index (χ3n) is 5.11. The molecule has 25 heavy (non-hydrogen) atoms. The first kappa shape index (κ1) is 16.4. The zero-order valence-corrected chi connectivity index (χ0v) is 14.6. The van der Waals surface area contributed by atoms with Crippen LogP contribution in [0.3, 0.4) is 0 Å². The van der Waals surface area contributed by atoms with Crippen LogP contribution in [0.5, 0.6) is 0 Å². The Balaban J connectivity index is 1.58. The van der Waals surface area contributed by atoms with Crippen molar-refractivity contribution >= 4 is 24.3 Å². The standard InChI is InChI=1S/C18H23BN4O2/c1-12-11-20-17(22-16(12)21-13-7-3-4-8-13)23-18(2)14-9-5-6-10-15(14)19(24)25-18/h5-6,9-11,13,24H,3-4,7-8H2,1-2H3,(H2,20,21,22,23). The van der Waals surface area contributed by atoms with E-state index in [1.165, 1.54) is 25.7 Å². The van der Waals surface area contributed by atoms with Gasteiger partial charge in [-0.05, 0) is 32.2 Å².